The van der Waals surface area contributed by atoms with Crippen molar-refractivity contribution >= 4 is 17.7 Å². The zero-order chi connectivity index (χ0) is 15.7. The lowest BCUT2D eigenvalue weighted by Crippen LogP contribution is -2.51. The lowest BCUT2D eigenvalue weighted by molar-refractivity contribution is -0.154. The number of morpholine rings is 1. The van der Waals surface area contributed by atoms with Gasteiger partial charge in [-0.1, -0.05) is 0 Å². The Labute approximate surface area is 130 Å². The minimum atomic E-state index is -0.472. The molecule has 7 heteroatoms. The Hall–Kier alpha value is -1.63. The summed E-state index contributed by atoms with van der Waals surface area (Å²) in [7, 11) is 1.81. The summed E-state index contributed by atoms with van der Waals surface area (Å²) in [6.45, 7) is 3.54. The molecule has 0 aromatic rings. The minimum absolute atomic E-state index is 0.118. The van der Waals surface area contributed by atoms with E-state index < -0.39 is 17.2 Å². The molecule has 3 aliphatic heterocycles. The van der Waals surface area contributed by atoms with Crippen molar-refractivity contribution in [2.75, 3.05) is 53.0 Å². The Kier molecular flexibility index (Phi) is 4.08. The van der Waals surface area contributed by atoms with E-state index in [-0.39, 0.29) is 5.91 Å². The van der Waals surface area contributed by atoms with Crippen molar-refractivity contribution in [1.82, 2.24) is 14.7 Å². The molecule has 3 fully saturated rings. The SMILES string of the molecule is CN1CCCC2(CCN(C(=O)C(=O)N3CCOCC3)C2)C1=O. The number of nitrogens with zero attached hydrogens (tertiary/aromatic N) is 3. The van der Waals surface area contributed by atoms with Crippen molar-refractivity contribution in [3.63, 3.8) is 0 Å². The Morgan fingerprint density at radius 1 is 1.00 bits per heavy atom. The van der Waals surface area contributed by atoms with Crippen LogP contribution in [0.3, 0.4) is 0 Å². The van der Waals surface area contributed by atoms with Gasteiger partial charge in [0.15, 0.2) is 0 Å². The summed E-state index contributed by atoms with van der Waals surface area (Å²) in [6, 6.07) is 0. The van der Waals surface area contributed by atoms with E-state index in [4.69, 9.17) is 4.74 Å². The van der Waals surface area contributed by atoms with E-state index in [0.717, 1.165) is 19.4 Å². The van der Waals surface area contributed by atoms with Crippen LogP contribution in [0.1, 0.15) is 19.3 Å². The highest BCUT2D eigenvalue weighted by molar-refractivity contribution is 6.35. The van der Waals surface area contributed by atoms with Crippen molar-refractivity contribution in [2.45, 2.75) is 19.3 Å². The molecule has 0 aliphatic carbocycles. The fourth-order valence-corrected chi connectivity index (χ4v) is 3.73. The average Bonchev–Trinajstić information content (AvgIpc) is 2.97. The standard InChI is InChI=1S/C15H23N3O4/c1-16-5-2-3-15(14(16)21)4-6-18(11-15)13(20)12(19)17-7-9-22-10-8-17/h2-11H2,1H3. The average molecular weight is 309 g/mol. The van der Waals surface area contributed by atoms with Gasteiger partial charge < -0.3 is 19.4 Å². The Bertz CT molecular complexity index is 489. The van der Waals surface area contributed by atoms with E-state index in [9.17, 15) is 14.4 Å². The van der Waals surface area contributed by atoms with E-state index >= 15 is 0 Å². The smallest absolute Gasteiger partial charge is 0.312 e. The van der Waals surface area contributed by atoms with Crippen LogP contribution in [-0.4, -0.2) is 85.4 Å². The topological polar surface area (TPSA) is 70.2 Å². The van der Waals surface area contributed by atoms with Gasteiger partial charge in [0.05, 0.1) is 18.6 Å². The Morgan fingerprint density at radius 3 is 2.41 bits per heavy atom. The molecule has 22 heavy (non-hydrogen) atoms. The molecule has 0 saturated carbocycles. The molecular weight excluding hydrogens is 286 g/mol. The zero-order valence-corrected chi connectivity index (χ0v) is 13.0. The lowest BCUT2D eigenvalue weighted by atomic mass is 9.78. The largest absolute Gasteiger partial charge is 0.378 e. The van der Waals surface area contributed by atoms with Gasteiger partial charge in [-0.15, -0.1) is 0 Å². The summed E-state index contributed by atoms with van der Waals surface area (Å²) in [5.41, 5.74) is -0.464. The fourth-order valence-electron chi connectivity index (χ4n) is 3.73. The maximum absolute atomic E-state index is 12.5. The first-order valence-electron chi connectivity index (χ1n) is 7.95. The highest BCUT2D eigenvalue weighted by Crippen LogP contribution is 2.39. The number of likely N-dealkylation sites (tertiary alicyclic amines) is 2. The number of rotatable bonds is 0. The van der Waals surface area contributed by atoms with Crippen molar-refractivity contribution in [3.8, 4) is 0 Å². The molecule has 1 spiro atoms. The van der Waals surface area contributed by atoms with Gasteiger partial charge >= 0.3 is 11.8 Å². The van der Waals surface area contributed by atoms with Crippen molar-refractivity contribution in [1.29, 1.82) is 0 Å². The summed E-state index contributed by atoms with van der Waals surface area (Å²) < 4.78 is 5.20. The van der Waals surface area contributed by atoms with Gasteiger partial charge in [0.1, 0.15) is 0 Å². The van der Waals surface area contributed by atoms with E-state index in [1.54, 1.807) is 14.7 Å². The molecule has 1 unspecified atom stereocenters. The number of carbonyl (C=O) groups is 3. The van der Waals surface area contributed by atoms with E-state index in [1.165, 1.54) is 0 Å². The lowest BCUT2D eigenvalue weighted by Gasteiger charge is -2.37. The van der Waals surface area contributed by atoms with Gasteiger partial charge in [-0.25, -0.2) is 0 Å². The Balaban J connectivity index is 1.65. The summed E-state index contributed by atoms with van der Waals surface area (Å²) in [4.78, 5) is 42.0. The summed E-state index contributed by atoms with van der Waals surface area (Å²) >= 11 is 0. The van der Waals surface area contributed by atoms with Gasteiger partial charge in [0.25, 0.3) is 0 Å². The van der Waals surface area contributed by atoms with Crippen LogP contribution in [0.25, 0.3) is 0 Å². The number of amides is 3. The van der Waals surface area contributed by atoms with E-state index in [0.29, 0.717) is 45.8 Å². The molecule has 3 saturated heterocycles. The molecule has 0 aromatic heterocycles. The predicted octanol–water partition coefficient (Wildman–Crippen LogP) is -0.684. The van der Waals surface area contributed by atoms with Crippen LogP contribution in [0, 0.1) is 5.41 Å². The quantitative estimate of drug-likeness (QED) is 0.556. The molecular formula is C15H23N3O4. The van der Waals surface area contributed by atoms with Crippen LogP contribution in [0.15, 0.2) is 0 Å². The minimum Gasteiger partial charge on any atom is -0.378 e. The molecule has 1 atom stereocenters. The number of piperidine rings is 1. The molecule has 7 nitrogen and oxygen atoms in total. The van der Waals surface area contributed by atoms with Crippen molar-refractivity contribution in [2.24, 2.45) is 5.41 Å². The third-order valence-electron chi connectivity index (χ3n) is 5.07. The van der Waals surface area contributed by atoms with E-state index in [2.05, 4.69) is 0 Å². The molecule has 3 amide bonds. The maximum Gasteiger partial charge on any atom is 0.312 e. The third-order valence-corrected chi connectivity index (χ3v) is 5.07. The van der Waals surface area contributed by atoms with Gasteiger partial charge in [-0.3, -0.25) is 14.4 Å². The fraction of sp³-hybridized carbons (Fsp3) is 0.800. The van der Waals surface area contributed by atoms with E-state index in [1.807, 2.05) is 7.05 Å². The molecule has 3 aliphatic rings. The van der Waals surface area contributed by atoms with Crippen LogP contribution in [0.5, 0.6) is 0 Å². The Morgan fingerprint density at radius 2 is 1.68 bits per heavy atom. The predicted molar refractivity (Wildman–Crippen MR) is 77.9 cm³/mol. The van der Waals surface area contributed by atoms with Gasteiger partial charge in [0.2, 0.25) is 5.91 Å². The highest BCUT2D eigenvalue weighted by atomic mass is 16.5. The van der Waals surface area contributed by atoms with Gasteiger partial charge in [0, 0.05) is 39.8 Å². The monoisotopic (exact) mass is 309 g/mol. The first-order valence-corrected chi connectivity index (χ1v) is 7.95. The van der Waals surface area contributed by atoms with Crippen molar-refractivity contribution in [3.05, 3.63) is 0 Å². The molecule has 0 N–H and O–H groups in total. The van der Waals surface area contributed by atoms with Gasteiger partial charge in [-0.05, 0) is 19.3 Å². The van der Waals surface area contributed by atoms with Crippen molar-refractivity contribution < 1.29 is 19.1 Å². The molecule has 0 aromatic carbocycles. The first kappa shape index (κ1) is 15.3. The summed E-state index contributed by atoms with van der Waals surface area (Å²) in [5.74, 6) is -0.815. The molecule has 0 radical (unpaired) electrons. The normalized spacial score (nSPS) is 29.3. The molecule has 3 rings (SSSR count). The second-order valence-corrected chi connectivity index (χ2v) is 6.49. The van der Waals surface area contributed by atoms with Crippen LogP contribution in [0.2, 0.25) is 0 Å². The first-order chi connectivity index (χ1) is 10.5. The molecule has 3 heterocycles. The summed E-state index contributed by atoms with van der Waals surface area (Å²) in [6.07, 6.45) is 2.44. The maximum atomic E-state index is 12.5. The second-order valence-electron chi connectivity index (χ2n) is 6.49. The number of hydrogen-bond donors (Lipinski definition) is 0. The molecule has 122 valence electrons. The third kappa shape index (κ3) is 2.58. The van der Waals surface area contributed by atoms with Crippen LogP contribution in [-0.2, 0) is 19.1 Å². The number of hydrogen-bond acceptors (Lipinski definition) is 4. The number of carbonyl (C=O) groups excluding carboxylic acids is 3. The van der Waals surface area contributed by atoms with Crippen LogP contribution < -0.4 is 0 Å². The van der Waals surface area contributed by atoms with Gasteiger partial charge in [-0.2, -0.15) is 0 Å². The zero-order valence-electron chi connectivity index (χ0n) is 13.0. The van der Waals surface area contributed by atoms with Crippen LogP contribution >= 0.6 is 0 Å². The second kappa shape index (κ2) is 5.87. The number of ether oxygens (including phenoxy) is 1. The summed E-state index contributed by atoms with van der Waals surface area (Å²) in [5, 5.41) is 0. The van der Waals surface area contributed by atoms with Crippen LogP contribution in [0.4, 0.5) is 0 Å². The highest BCUT2D eigenvalue weighted by Gasteiger charge is 2.49. The molecule has 0 bridgehead atoms.